The van der Waals surface area contributed by atoms with E-state index in [-0.39, 0.29) is 22.9 Å². The Morgan fingerprint density at radius 3 is 2.46 bits per heavy atom. The van der Waals surface area contributed by atoms with Crippen molar-refractivity contribution in [3.05, 3.63) is 53.1 Å². The summed E-state index contributed by atoms with van der Waals surface area (Å²) in [6, 6.07) is 11.1. The molecule has 0 spiro atoms. The Kier molecular flexibility index (Phi) is 6.03. The minimum atomic E-state index is -1.18. The molecule has 0 aromatic heterocycles. The van der Waals surface area contributed by atoms with Crippen LogP contribution in [0.2, 0.25) is 5.02 Å². The third-order valence-electron chi connectivity index (χ3n) is 2.98. The SMILES string of the molecule is CCOc1ccc(NC(=O)COc2ccc(Cl)cc2C(=O)O)cc1. The number of carboxylic acids is 1. The number of hydrogen-bond donors (Lipinski definition) is 2. The third kappa shape index (κ3) is 4.89. The number of carbonyl (C=O) groups is 2. The molecule has 0 radical (unpaired) electrons. The van der Waals surface area contributed by atoms with Crippen LogP contribution in [-0.2, 0) is 4.79 Å². The van der Waals surface area contributed by atoms with Crippen molar-refractivity contribution in [3.8, 4) is 11.5 Å². The molecule has 0 fully saturated rings. The van der Waals surface area contributed by atoms with Gasteiger partial charge in [-0.2, -0.15) is 0 Å². The Morgan fingerprint density at radius 1 is 1.12 bits per heavy atom. The van der Waals surface area contributed by atoms with Crippen LogP contribution >= 0.6 is 11.6 Å². The first-order valence-electron chi connectivity index (χ1n) is 7.18. The summed E-state index contributed by atoms with van der Waals surface area (Å²) in [5, 5.41) is 12.0. The highest BCUT2D eigenvalue weighted by Crippen LogP contribution is 2.23. The summed E-state index contributed by atoms with van der Waals surface area (Å²) in [7, 11) is 0. The summed E-state index contributed by atoms with van der Waals surface area (Å²) in [6.07, 6.45) is 0. The molecular formula is C17H16ClNO5. The van der Waals surface area contributed by atoms with Crippen LogP contribution in [0.3, 0.4) is 0 Å². The van der Waals surface area contributed by atoms with Gasteiger partial charge >= 0.3 is 5.97 Å². The van der Waals surface area contributed by atoms with Crippen LogP contribution < -0.4 is 14.8 Å². The number of amides is 1. The van der Waals surface area contributed by atoms with Gasteiger partial charge in [0.1, 0.15) is 17.1 Å². The van der Waals surface area contributed by atoms with Gasteiger partial charge in [-0.3, -0.25) is 4.79 Å². The fourth-order valence-electron chi connectivity index (χ4n) is 1.94. The Labute approximate surface area is 144 Å². The third-order valence-corrected chi connectivity index (χ3v) is 3.21. The quantitative estimate of drug-likeness (QED) is 0.799. The fraction of sp³-hybridized carbons (Fsp3) is 0.176. The molecule has 2 aromatic carbocycles. The number of benzene rings is 2. The number of hydrogen-bond acceptors (Lipinski definition) is 4. The summed E-state index contributed by atoms with van der Waals surface area (Å²) in [4.78, 5) is 23.0. The number of halogens is 1. The molecule has 126 valence electrons. The zero-order valence-electron chi connectivity index (χ0n) is 12.9. The Balaban J connectivity index is 1.95. The van der Waals surface area contributed by atoms with Crippen molar-refractivity contribution in [1.29, 1.82) is 0 Å². The fourth-order valence-corrected chi connectivity index (χ4v) is 2.11. The monoisotopic (exact) mass is 349 g/mol. The number of rotatable bonds is 7. The molecule has 1 amide bonds. The summed E-state index contributed by atoms with van der Waals surface area (Å²) in [5.41, 5.74) is 0.484. The van der Waals surface area contributed by atoms with E-state index < -0.39 is 11.9 Å². The molecule has 0 aliphatic rings. The maximum Gasteiger partial charge on any atom is 0.339 e. The van der Waals surface area contributed by atoms with Crippen LogP contribution in [0.1, 0.15) is 17.3 Å². The van der Waals surface area contributed by atoms with E-state index in [0.717, 1.165) is 0 Å². The number of anilines is 1. The predicted octanol–water partition coefficient (Wildman–Crippen LogP) is 3.45. The van der Waals surface area contributed by atoms with Gasteiger partial charge in [-0.05, 0) is 49.4 Å². The number of nitrogens with one attached hydrogen (secondary N) is 1. The second-order valence-electron chi connectivity index (χ2n) is 4.74. The summed E-state index contributed by atoms with van der Waals surface area (Å²) in [5.74, 6) is -0.808. The minimum absolute atomic E-state index is 0.0775. The van der Waals surface area contributed by atoms with Gasteiger partial charge in [0.25, 0.3) is 5.91 Å². The largest absolute Gasteiger partial charge is 0.494 e. The lowest BCUT2D eigenvalue weighted by Crippen LogP contribution is -2.20. The number of carbonyl (C=O) groups excluding carboxylic acids is 1. The average molecular weight is 350 g/mol. The molecule has 24 heavy (non-hydrogen) atoms. The molecule has 6 nitrogen and oxygen atoms in total. The van der Waals surface area contributed by atoms with Crippen molar-refractivity contribution < 1.29 is 24.2 Å². The second-order valence-corrected chi connectivity index (χ2v) is 5.18. The molecule has 2 rings (SSSR count). The standard InChI is InChI=1S/C17H16ClNO5/c1-2-23-13-6-4-12(5-7-13)19-16(20)10-24-15-8-3-11(18)9-14(15)17(21)22/h3-9H,2,10H2,1H3,(H,19,20)(H,21,22). The molecule has 0 heterocycles. The molecule has 0 saturated carbocycles. The first-order valence-corrected chi connectivity index (χ1v) is 7.55. The van der Waals surface area contributed by atoms with Gasteiger partial charge in [0, 0.05) is 10.7 Å². The van der Waals surface area contributed by atoms with Crippen molar-refractivity contribution in [2.24, 2.45) is 0 Å². The van der Waals surface area contributed by atoms with Gasteiger partial charge in [-0.1, -0.05) is 11.6 Å². The van der Waals surface area contributed by atoms with Crippen LogP contribution in [0, 0.1) is 0 Å². The lowest BCUT2D eigenvalue weighted by atomic mass is 10.2. The van der Waals surface area contributed by atoms with Gasteiger partial charge in [0.2, 0.25) is 0 Å². The summed E-state index contributed by atoms with van der Waals surface area (Å²) < 4.78 is 10.6. The van der Waals surface area contributed by atoms with Crippen molar-refractivity contribution in [2.45, 2.75) is 6.92 Å². The molecule has 0 aliphatic heterocycles. The van der Waals surface area contributed by atoms with Gasteiger partial charge < -0.3 is 19.9 Å². The Morgan fingerprint density at radius 2 is 1.83 bits per heavy atom. The molecule has 7 heteroatoms. The van der Waals surface area contributed by atoms with E-state index in [1.165, 1.54) is 18.2 Å². The van der Waals surface area contributed by atoms with Crippen LogP contribution in [0.15, 0.2) is 42.5 Å². The van der Waals surface area contributed by atoms with E-state index in [1.807, 2.05) is 6.92 Å². The molecule has 0 unspecified atom stereocenters. The smallest absolute Gasteiger partial charge is 0.339 e. The van der Waals surface area contributed by atoms with E-state index >= 15 is 0 Å². The Bertz CT molecular complexity index is 730. The van der Waals surface area contributed by atoms with E-state index in [1.54, 1.807) is 24.3 Å². The lowest BCUT2D eigenvalue weighted by Gasteiger charge is -2.10. The summed E-state index contributed by atoms with van der Waals surface area (Å²) >= 11 is 5.76. The van der Waals surface area contributed by atoms with Crippen molar-refractivity contribution in [2.75, 3.05) is 18.5 Å². The maximum atomic E-state index is 11.9. The highest BCUT2D eigenvalue weighted by molar-refractivity contribution is 6.31. The van der Waals surface area contributed by atoms with Crippen molar-refractivity contribution in [3.63, 3.8) is 0 Å². The van der Waals surface area contributed by atoms with Crippen LogP contribution in [-0.4, -0.2) is 30.2 Å². The zero-order valence-corrected chi connectivity index (χ0v) is 13.7. The van der Waals surface area contributed by atoms with Crippen LogP contribution in [0.5, 0.6) is 11.5 Å². The van der Waals surface area contributed by atoms with Crippen molar-refractivity contribution in [1.82, 2.24) is 0 Å². The minimum Gasteiger partial charge on any atom is -0.494 e. The molecule has 2 N–H and O–H groups in total. The number of ether oxygens (including phenoxy) is 2. The van der Waals surface area contributed by atoms with Gasteiger partial charge in [0.15, 0.2) is 6.61 Å². The van der Waals surface area contributed by atoms with Gasteiger partial charge in [-0.25, -0.2) is 4.79 Å². The first-order chi connectivity index (χ1) is 11.5. The lowest BCUT2D eigenvalue weighted by molar-refractivity contribution is -0.118. The zero-order chi connectivity index (χ0) is 17.5. The summed E-state index contributed by atoms with van der Waals surface area (Å²) in [6.45, 7) is 2.12. The average Bonchev–Trinajstić information content (AvgIpc) is 2.55. The highest BCUT2D eigenvalue weighted by atomic mass is 35.5. The van der Waals surface area contributed by atoms with E-state index in [0.29, 0.717) is 18.0 Å². The first kappa shape index (κ1) is 17.6. The van der Waals surface area contributed by atoms with Gasteiger partial charge in [-0.15, -0.1) is 0 Å². The molecule has 2 aromatic rings. The predicted molar refractivity (Wildman–Crippen MR) is 90.1 cm³/mol. The van der Waals surface area contributed by atoms with E-state index in [2.05, 4.69) is 5.32 Å². The van der Waals surface area contributed by atoms with Crippen LogP contribution in [0.25, 0.3) is 0 Å². The topological polar surface area (TPSA) is 84.9 Å². The normalized spacial score (nSPS) is 10.1. The highest BCUT2D eigenvalue weighted by Gasteiger charge is 2.13. The molecule has 0 atom stereocenters. The van der Waals surface area contributed by atoms with Crippen LogP contribution in [0.4, 0.5) is 5.69 Å². The molecule has 0 saturated heterocycles. The second kappa shape index (κ2) is 8.21. The Hall–Kier alpha value is -2.73. The van der Waals surface area contributed by atoms with Crippen molar-refractivity contribution >= 4 is 29.2 Å². The maximum absolute atomic E-state index is 11.9. The van der Waals surface area contributed by atoms with Gasteiger partial charge in [0.05, 0.1) is 6.61 Å². The van der Waals surface area contributed by atoms with E-state index in [9.17, 15) is 9.59 Å². The van der Waals surface area contributed by atoms with E-state index in [4.69, 9.17) is 26.2 Å². The number of aromatic carboxylic acids is 1. The molecular weight excluding hydrogens is 334 g/mol. The number of carboxylic acid groups (broad SMARTS) is 1. The molecule has 0 bridgehead atoms. The molecule has 0 aliphatic carbocycles.